The summed E-state index contributed by atoms with van der Waals surface area (Å²) in [4.78, 5) is 0. The summed E-state index contributed by atoms with van der Waals surface area (Å²) in [6.07, 6.45) is 0.862. The average Bonchev–Trinajstić information content (AvgIpc) is 3.09. The fraction of sp³-hybridized carbons (Fsp3) is 0.235. The lowest BCUT2D eigenvalue weighted by Crippen LogP contribution is -2.28. The van der Waals surface area contributed by atoms with Crippen molar-refractivity contribution in [2.24, 2.45) is 0 Å². The van der Waals surface area contributed by atoms with E-state index < -0.39 is 0 Å². The zero-order chi connectivity index (χ0) is 16.5. The Hall–Kier alpha value is -2.41. The molecule has 1 N–H and O–H groups in total. The molecule has 1 aliphatic heterocycles. The summed E-state index contributed by atoms with van der Waals surface area (Å²) < 4.78 is 8.16. The molecule has 0 bridgehead atoms. The molecule has 1 aliphatic rings. The van der Waals surface area contributed by atoms with Gasteiger partial charge < -0.3 is 10.1 Å². The molecule has 6 nitrogen and oxygen atoms in total. The van der Waals surface area contributed by atoms with E-state index in [1.807, 2.05) is 28.9 Å². The molecule has 0 amide bonds. The highest BCUT2D eigenvalue weighted by atomic mass is 79.9. The van der Waals surface area contributed by atoms with Gasteiger partial charge >= 0.3 is 0 Å². The summed E-state index contributed by atoms with van der Waals surface area (Å²) in [5.74, 6) is 1.53. The molecule has 4 rings (SSSR count). The van der Waals surface area contributed by atoms with Crippen LogP contribution in [0.3, 0.4) is 0 Å². The number of hydrogen-bond donors (Lipinski definition) is 1. The van der Waals surface area contributed by atoms with Gasteiger partial charge in [0.05, 0.1) is 19.2 Å². The zero-order valence-electron chi connectivity index (χ0n) is 13.1. The average molecular weight is 386 g/mol. The van der Waals surface area contributed by atoms with Crippen LogP contribution in [0.4, 0.5) is 5.95 Å². The van der Waals surface area contributed by atoms with E-state index in [9.17, 15) is 0 Å². The van der Waals surface area contributed by atoms with Crippen molar-refractivity contribution in [1.29, 1.82) is 0 Å². The second-order valence-electron chi connectivity index (χ2n) is 5.72. The first-order valence-electron chi connectivity index (χ1n) is 7.68. The minimum Gasteiger partial charge on any atom is -0.497 e. The molecule has 0 aliphatic carbocycles. The molecule has 0 radical (unpaired) electrons. The molecule has 1 aromatic heterocycles. The Bertz CT molecular complexity index is 848. The van der Waals surface area contributed by atoms with Crippen LogP contribution >= 0.6 is 15.9 Å². The van der Waals surface area contributed by atoms with Crippen LogP contribution in [-0.4, -0.2) is 27.3 Å². The maximum Gasteiger partial charge on any atom is 0.243 e. The van der Waals surface area contributed by atoms with E-state index in [2.05, 4.69) is 61.0 Å². The first kappa shape index (κ1) is 15.1. The zero-order valence-corrected chi connectivity index (χ0v) is 14.6. The first-order valence-corrected chi connectivity index (χ1v) is 8.48. The van der Waals surface area contributed by atoms with Crippen LogP contribution in [0, 0.1) is 0 Å². The fourth-order valence-corrected chi connectivity index (χ4v) is 3.50. The van der Waals surface area contributed by atoms with Crippen LogP contribution in [0.5, 0.6) is 5.75 Å². The van der Waals surface area contributed by atoms with E-state index in [1.54, 1.807) is 7.11 Å². The van der Waals surface area contributed by atoms with E-state index >= 15 is 0 Å². The number of benzene rings is 2. The highest BCUT2D eigenvalue weighted by molar-refractivity contribution is 9.10. The van der Waals surface area contributed by atoms with Crippen molar-refractivity contribution in [2.75, 3.05) is 12.4 Å². The number of methoxy groups -OCH3 is 1. The molecule has 3 aromatic rings. The summed E-state index contributed by atoms with van der Waals surface area (Å²) in [7, 11) is 1.67. The van der Waals surface area contributed by atoms with Crippen LogP contribution in [-0.2, 0) is 0 Å². The minimum absolute atomic E-state index is 0.0751. The van der Waals surface area contributed by atoms with E-state index in [1.165, 1.54) is 5.56 Å². The van der Waals surface area contributed by atoms with Crippen LogP contribution < -0.4 is 10.1 Å². The van der Waals surface area contributed by atoms with Crippen molar-refractivity contribution in [1.82, 2.24) is 20.2 Å². The highest BCUT2D eigenvalue weighted by Crippen LogP contribution is 2.37. The maximum absolute atomic E-state index is 5.25. The fourth-order valence-electron chi connectivity index (χ4n) is 3.08. The number of aromatic nitrogens is 4. The van der Waals surface area contributed by atoms with Gasteiger partial charge in [-0.2, -0.15) is 0 Å². The second-order valence-corrected chi connectivity index (χ2v) is 6.64. The van der Waals surface area contributed by atoms with Gasteiger partial charge in [-0.1, -0.05) is 45.3 Å². The predicted molar refractivity (Wildman–Crippen MR) is 94.1 cm³/mol. The number of nitrogens with zero attached hydrogens (tertiary/aromatic N) is 4. The number of tetrazole rings is 1. The van der Waals surface area contributed by atoms with Crippen molar-refractivity contribution >= 4 is 21.9 Å². The number of nitrogens with one attached hydrogen (secondary N) is 1. The van der Waals surface area contributed by atoms with Crippen LogP contribution in [0.25, 0.3) is 0 Å². The van der Waals surface area contributed by atoms with E-state index in [0.717, 1.165) is 22.2 Å². The largest absolute Gasteiger partial charge is 0.497 e. The molecule has 0 fully saturated rings. The quantitative estimate of drug-likeness (QED) is 0.745. The topological polar surface area (TPSA) is 64.9 Å². The Morgan fingerprint density at radius 2 is 2.00 bits per heavy atom. The van der Waals surface area contributed by atoms with E-state index in [4.69, 9.17) is 4.74 Å². The number of fused-ring (bicyclic) bond motifs is 1. The molecule has 2 heterocycles. The van der Waals surface area contributed by atoms with Crippen molar-refractivity contribution in [3.63, 3.8) is 0 Å². The molecule has 24 heavy (non-hydrogen) atoms. The molecular weight excluding hydrogens is 370 g/mol. The van der Waals surface area contributed by atoms with Crippen molar-refractivity contribution < 1.29 is 4.74 Å². The van der Waals surface area contributed by atoms with Gasteiger partial charge in [-0.05, 0) is 52.2 Å². The molecular formula is C17H16BrN5O. The molecule has 7 heteroatoms. The summed E-state index contributed by atoms with van der Waals surface area (Å²) in [6.45, 7) is 0. The molecule has 0 saturated heterocycles. The lowest BCUT2D eigenvalue weighted by Gasteiger charge is -2.31. The molecule has 122 valence electrons. The first-order chi connectivity index (χ1) is 11.7. The van der Waals surface area contributed by atoms with Gasteiger partial charge in [-0.15, -0.1) is 0 Å². The van der Waals surface area contributed by atoms with Crippen molar-refractivity contribution in [2.45, 2.75) is 18.5 Å². The van der Waals surface area contributed by atoms with Crippen LogP contribution in [0.2, 0.25) is 0 Å². The number of anilines is 1. The van der Waals surface area contributed by atoms with Crippen LogP contribution in [0.15, 0.2) is 53.0 Å². The molecule has 2 atom stereocenters. The molecule has 0 spiro atoms. The number of hydrogen-bond acceptors (Lipinski definition) is 5. The van der Waals surface area contributed by atoms with Gasteiger partial charge in [0, 0.05) is 4.47 Å². The Labute approximate surface area is 148 Å². The van der Waals surface area contributed by atoms with E-state index in [-0.39, 0.29) is 12.1 Å². The van der Waals surface area contributed by atoms with Gasteiger partial charge in [0.2, 0.25) is 5.95 Å². The summed E-state index contributed by atoms with van der Waals surface area (Å²) >= 11 is 3.54. The standard InChI is InChI=1S/C17H16BrN5O/c1-24-14-7-5-11(6-8-14)16-10-15(12-3-2-4-13(18)9-12)19-17-20-21-22-23(16)17/h2-9,15-16H,10H2,1H3,(H,19,20,22)/t15-,16-/m1/s1. The van der Waals surface area contributed by atoms with Gasteiger partial charge in [0.15, 0.2) is 0 Å². The maximum atomic E-state index is 5.25. The Morgan fingerprint density at radius 3 is 2.75 bits per heavy atom. The number of halogens is 1. The van der Waals surface area contributed by atoms with Crippen molar-refractivity contribution in [3.05, 3.63) is 64.1 Å². The predicted octanol–water partition coefficient (Wildman–Crippen LogP) is 3.59. The highest BCUT2D eigenvalue weighted by Gasteiger charge is 2.30. The number of ether oxygens (including phenoxy) is 1. The smallest absolute Gasteiger partial charge is 0.243 e. The molecule has 0 saturated carbocycles. The lowest BCUT2D eigenvalue weighted by atomic mass is 9.93. The molecule has 2 aromatic carbocycles. The van der Waals surface area contributed by atoms with Crippen LogP contribution in [0.1, 0.15) is 29.6 Å². The number of rotatable bonds is 3. The minimum atomic E-state index is 0.0751. The Kier molecular flexibility index (Phi) is 3.93. The monoisotopic (exact) mass is 385 g/mol. The third kappa shape index (κ3) is 2.75. The van der Waals surface area contributed by atoms with E-state index in [0.29, 0.717) is 5.95 Å². The van der Waals surface area contributed by atoms with Gasteiger partial charge in [-0.3, -0.25) is 0 Å². The lowest BCUT2D eigenvalue weighted by molar-refractivity contribution is 0.410. The Morgan fingerprint density at radius 1 is 1.17 bits per heavy atom. The summed E-state index contributed by atoms with van der Waals surface area (Å²) in [5.41, 5.74) is 2.36. The van der Waals surface area contributed by atoms with Gasteiger partial charge in [0.1, 0.15) is 5.75 Å². The third-order valence-electron chi connectivity index (χ3n) is 4.30. The SMILES string of the molecule is COc1ccc([C@H]2C[C@H](c3cccc(Br)c3)Nc3nnnn32)cc1. The van der Waals surface area contributed by atoms with Gasteiger partial charge in [-0.25, -0.2) is 4.68 Å². The van der Waals surface area contributed by atoms with Gasteiger partial charge in [0.25, 0.3) is 0 Å². The Balaban J connectivity index is 1.70. The summed E-state index contributed by atoms with van der Waals surface area (Å²) in [6, 6.07) is 16.6. The second kappa shape index (κ2) is 6.24. The molecule has 0 unspecified atom stereocenters. The van der Waals surface area contributed by atoms with Crippen molar-refractivity contribution in [3.8, 4) is 5.75 Å². The summed E-state index contributed by atoms with van der Waals surface area (Å²) in [5, 5.41) is 15.5. The third-order valence-corrected chi connectivity index (χ3v) is 4.80. The normalized spacial score (nSPS) is 19.4.